The zero-order valence-corrected chi connectivity index (χ0v) is 12.3. The second kappa shape index (κ2) is 4.25. The number of nitrogens with zero attached hydrogens (tertiary/aromatic N) is 1. The van der Waals surface area contributed by atoms with Crippen molar-refractivity contribution in [3.8, 4) is 0 Å². The molecule has 1 aliphatic rings. The molecule has 0 radical (unpaired) electrons. The van der Waals surface area contributed by atoms with Gasteiger partial charge in [-0.3, -0.25) is 4.99 Å². The topological polar surface area (TPSA) is 72.5 Å². The Labute approximate surface area is 116 Å². The molecule has 1 aromatic rings. The Morgan fingerprint density at radius 1 is 1.35 bits per heavy atom. The van der Waals surface area contributed by atoms with E-state index in [1.807, 2.05) is 0 Å². The molecule has 0 unspecified atom stereocenters. The number of sulfone groups is 1. The van der Waals surface area contributed by atoms with Crippen molar-refractivity contribution in [2.24, 2.45) is 4.99 Å². The van der Waals surface area contributed by atoms with E-state index in [9.17, 15) is 17.2 Å². The SMILES string of the molecule is CC1=N[C@](C)(c2cc(N)ccc2F)CS(=O)(=O)[C@@]1(C)F. The number of benzene rings is 1. The fraction of sp³-hybridized carbons (Fsp3) is 0.462. The molecular weight excluding hydrogens is 286 g/mol. The van der Waals surface area contributed by atoms with Gasteiger partial charge in [-0.2, -0.15) is 0 Å². The van der Waals surface area contributed by atoms with Crippen LogP contribution in [0, 0.1) is 5.82 Å². The van der Waals surface area contributed by atoms with Gasteiger partial charge in [0, 0.05) is 11.3 Å². The third-order valence-corrected chi connectivity index (χ3v) is 6.09. The van der Waals surface area contributed by atoms with Gasteiger partial charge in [-0.15, -0.1) is 0 Å². The average Bonchev–Trinajstić information content (AvgIpc) is 2.29. The first-order valence-electron chi connectivity index (χ1n) is 6.03. The van der Waals surface area contributed by atoms with E-state index in [4.69, 9.17) is 5.73 Å². The molecule has 0 aromatic heterocycles. The van der Waals surface area contributed by atoms with E-state index in [1.54, 1.807) is 0 Å². The molecule has 1 heterocycles. The van der Waals surface area contributed by atoms with E-state index in [0.717, 1.165) is 13.0 Å². The summed E-state index contributed by atoms with van der Waals surface area (Å²) in [7, 11) is -4.10. The Kier molecular flexibility index (Phi) is 3.16. The summed E-state index contributed by atoms with van der Waals surface area (Å²) < 4.78 is 52.4. The Morgan fingerprint density at radius 2 is 1.95 bits per heavy atom. The number of hydrogen-bond donors (Lipinski definition) is 1. The van der Waals surface area contributed by atoms with Crippen LogP contribution in [0.25, 0.3) is 0 Å². The number of anilines is 1. The van der Waals surface area contributed by atoms with Gasteiger partial charge in [0.15, 0.2) is 9.84 Å². The van der Waals surface area contributed by atoms with Crippen LogP contribution in [-0.4, -0.2) is 24.9 Å². The summed E-state index contributed by atoms with van der Waals surface area (Å²) in [4.78, 5) is 4.10. The minimum atomic E-state index is -4.10. The van der Waals surface area contributed by atoms with Crippen molar-refractivity contribution >= 4 is 21.2 Å². The van der Waals surface area contributed by atoms with Crippen molar-refractivity contribution in [1.82, 2.24) is 0 Å². The fourth-order valence-corrected chi connectivity index (χ4v) is 4.05. The summed E-state index contributed by atoms with van der Waals surface area (Å²) in [6, 6.07) is 3.86. The van der Waals surface area contributed by atoms with Crippen LogP contribution in [0.2, 0.25) is 0 Å². The Balaban J connectivity index is 2.69. The van der Waals surface area contributed by atoms with Gasteiger partial charge >= 0.3 is 0 Å². The maximum absolute atomic E-state index is 14.2. The molecule has 0 aliphatic carbocycles. The van der Waals surface area contributed by atoms with E-state index >= 15 is 0 Å². The second-order valence-corrected chi connectivity index (χ2v) is 7.67. The second-order valence-electron chi connectivity index (χ2n) is 5.39. The van der Waals surface area contributed by atoms with Crippen LogP contribution in [0.4, 0.5) is 14.5 Å². The van der Waals surface area contributed by atoms with Gasteiger partial charge in [-0.05, 0) is 39.0 Å². The summed E-state index contributed by atoms with van der Waals surface area (Å²) in [5.74, 6) is -1.22. The quantitative estimate of drug-likeness (QED) is 0.808. The molecule has 7 heteroatoms. The molecule has 0 saturated heterocycles. The first kappa shape index (κ1) is 14.9. The highest BCUT2D eigenvalue weighted by molar-refractivity contribution is 7.93. The molecule has 0 spiro atoms. The first-order valence-corrected chi connectivity index (χ1v) is 7.68. The molecule has 1 aliphatic heterocycles. The molecule has 2 rings (SSSR count). The lowest BCUT2D eigenvalue weighted by Gasteiger charge is -2.36. The molecule has 4 nitrogen and oxygen atoms in total. The van der Waals surface area contributed by atoms with Crippen molar-refractivity contribution in [3.05, 3.63) is 29.6 Å². The van der Waals surface area contributed by atoms with Crippen LogP contribution in [-0.2, 0) is 15.4 Å². The molecule has 0 fully saturated rings. The minimum Gasteiger partial charge on any atom is -0.399 e. The number of rotatable bonds is 1. The van der Waals surface area contributed by atoms with Crippen LogP contribution in [0.5, 0.6) is 0 Å². The van der Waals surface area contributed by atoms with E-state index in [1.165, 1.54) is 26.0 Å². The van der Waals surface area contributed by atoms with Crippen molar-refractivity contribution in [3.63, 3.8) is 0 Å². The van der Waals surface area contributed by atoms with Crippen LogP contribution >= 0.6 is 0 Å². The van der Waals surface area contributed by atoms with Gasteiger partial charge in [-0.25, -0.2) is 17.2 Å². The lowest BCUT2D eigenvalue weighted by Crippen LogP contribution is -2.50. The summed E-state index contributed by atoms with van der Waals surface area (Å²) in [5, 5.41) is -2.52. The monoisotopic (exact) mass is 302 g/mol. The van der Waals surface area contributed by atoms with E-state index in [-0.39, 0.29) is 11.3 Å². The highest BCUT2D eigenvalue weighted by Crippen LogP contribution is 2.39. The van der Waals surface area contributed by atoms with Crippen LogP contribution in [0.15, 0.2) is 23.2 Å². The Bertz CT molecular complexity index is 698. The summed E-state index contributed by atoms with van der Waals surface area (Å²) >= 11 is 0. The molecule has 20 heavy (non-hydrogen) atoms. The Morgan fingerprint density at radius 3 is 2.50 bits per heavy atom. The molecule has 0 saturated carbocycles. The maximum Gasteiger partial charge on any atom is 0.245 e. The molecule has 1 aromatic carbocycles. The van der Waals surface area contributed by atoms with Crippen molar-refractivity contribution in [2.75, 3.05) is 11.5 Å². The normalized spacial score (nSPS) is 32.8. The van der Waals surface area contributed by atoms with Gasteiger partial charge in [0.2, 0.25) is 5.00 Å². The lowest BCUT2D eigenvalue weighted by atomic mass is 9.93. The highest BCUT2D eigenvalue weighted by atomic mass is 32.2. The number of alkyl halides is 1. The van der Waals surface area contributed by atoms with Crippen LogP contribution < -0.4 is 5.73 Å². The van der Waals surface area contributed by atoms with E-state index < -0.39 is 31.9 Å². The maximum atomic E-state index is 14.2. The third-order valence-electron chi connectivity index (χ3n) is 3.69. The predicted octanol–water partition coefficient (Wildman–Crippen LogP) is 2.20. The largest absolute Gasteiger partial charge is 0.399 e. The standard InChI is InChI=1S/C13H16F2N2O2S/c1-8-13(3,15)20(18,19)7-12(2,17-8)10-6-9(16)4-5-11(10)14/h4-6H,7,16H2,1-3H3/t12-,13+/m0/s1. The van der Waals surface area contributed by atoms with Crippen LogP contribution in [0.1, 0.15) is 26.3 Å². The number of nitrogen functional groups attached to an aromatic ring is 1. The molecule has 2 atom stereocenters. The number of aliphatic imine (C=N–C) groups is 1. The summed E-state index contributed by atoms with van der Waals surface area (Å²) in [6.07, 6.45) is 0. The average molecular weight is 302 g/mol. The first-order chi connectivity index (χ1) is 8.99. The third kappa shape index (κ3) is 2.09. The lowest BCUT2D eigenvalue weighted by molar-refractivity contribution is 0.356. The van der Waals surface area contributed by atoms with E-state index in [0.29, 0.717) is 5.69 Å². The number of nitrogens with two attached hydrogens (primary N) is 1. The smallest absolute Gasteiger partial charge is 0.245 e. The summed E-state index contributed by atoms with van der Waals surface area (Å²) in [6.45, 7) is 3.71. The molecule has 110 valence electrons. The number of hydrogen-bond acceptors (Lipinski definition) is 4. The molecule has 2 N–H and O–H groups in total. The van der Waals surface area contributed by atoms with Gasteiger partial charge < -0.3 is 5.73 Å². The molecule has 0 amide bonds. The molecule has 0 bridgehead atoms. The van der Waals surface area contributed by atoms with Crippen molar-refractivity contribution < 1.29 is 17.2 Å². The highest BCUT2D eigenvalue weighted by Gasteiger charge is 2.51. The van der Waals surface area contributed by atoms with Crippen molar-refractivity contribution in [2.45, 2.75) is 31.3 Å². The van der Waals surface area contributed by atoms with E-state index in [2.05, 4.69) is 4.99 Å². The van der Waals surface area contributed by atoms with Crippen molar-refractivity contribution in [1.29, 1.82) is 0 Å². The zero-order valence-electron chi connectivity index (χ0n) is 11.4. The molecular formula is C13H16F2N2O2S. The predicted molar refractivity (Wildman–Crippen MR) is 74.6 cm³/mol. The number of halogens is 2. The zero-order chi connectivity index (χ0) is 15.3. The summed E-state index contributed by atoms with van der Waals surface area (Å²) in [5.41, 5.74) is 4.39. The van der Waals surface area contributed by atoms with Crippen LogP contribution in [0.3, 0.4) is 0 Å². The van der Waals surface area contributed by atoms with Gasteiger partial charge in [0.1, 0.15) is 5.82 Å². The fourth-order valence-electron chi connectivity index (χ4n) is 2.33. The van der Waals surface area contributed by atoms with Gasteiger partial charge in [-0.1, -0.05) is 0 Å². The minimum absolute atomic E-state index is 0.0518. The van der Waals surface area contributed by atoms with Gasteiger partial charge in [0.05, 0.1) is 17.0 Å². The van der Waals surface area contributed by atoms with Gasteiger partial charge in [0.25, 0.3) is 0 Å². The Hall–Kier alpha value is -1.50.